The molecule has 4 heteroatoms. The smallest absolute Gasteiger partial charge is 1.00 e. The van der Waals surface area contributed by atoms with Gasteiger partial charge in [0.1, 0.15) is 0 Å². The molecule has 0 aromatic heterocycles. The SMILES string of the molecule is C[C@@H]1[C-]=CC2=C1CCCC2.C[C@H]1[C-]=CC2=C1CCCC2.C[SiH]C.[Cl-].[Cl-].[Zr+4]. The Morgan fingerprint density at radius 3 is 1.35 bits per heavy atom. The molecule has 1 radical (unpaired) electrons. The van der Waals surface area contributed by atoms with Crippen molar-refractivity contribution >= 4 is 9.52 Å². The molecule has 0 saturated heterocycles. The molecule has 0 bridgehead atoms. The van der Waals surface area contributed by atoms with Crippen molar-refractivity contribution in [2.24, 2.45) is 11.8 Å². The van der Waals surface area contributed by atoms with Crippen LogP contribution < -0.4 is 24.8 Å². The molecule has 0 spiro atoms. The molecular formula is C22H33Cl2SiZr. The average Bonchev–Trinajstić information content (AvgIpc) is 3.14. The molecule has 0 fully saturated rings. The number of hydrogen-bond donors (Lipinski definition) is 0. The zero-order valence-corrected chi connectivity index (χ0v) is 21.9. The zero-order valence-electron chi connectivity index (χ0n) is 16.8. The van der Waals surface area contributed by atoms with E-state index in [0.29, 0.717) is 11.8 Å². The molecule has 0 N–H and O–H groups in total. The molecular weight excluding hydrogens is 454 g/mol. The van der Waals surface area contributed by atoms with Crippen molar-refractivity contribution < 1.29 is 51.0 Å². The van der Waals surface area contributed by atoms with Crippen LogP contribution in [0.1, 0.15) is 65.2 Å². The first-order chi connectivity index (χ1) is 11.2. The van der Waals surface area contributed by atoms with E-state index in [9.17, 15) is 0 Å². The molecule has 0 nitrogen and oxygen atoms in total. The van der Waals surface area contributed by atoms with Crippen molar-refractivity contribution in [1.82, 2.24) is 0 Å². The Balaban J connectivity index is 0. The Bertz CT molecular complexity index is 474. The molecule has 0 saturated carbocycles. The van der Waals surface area contributed by atoms with Gasteiger partial charge in [0.15, 0.2) is 0 Å². The van der Waals surface area contributed by atoms with Crippen LogP contribution in [0.15, 0.2) is 34.4 Å². The molecule has 0 unspecified atom stereocenters. The Morgan fingerprint density at radius 2 is 1.04 bits per heavy atom. The standard InChI is InChI=1S/2C10H13.C2H7Si.2ClH.Zr/c2*1-8-6-7-9-4-2-3-5-10(8)9;1-3-2;;;/h2*7-8H,2-5H2,1H3;3H,1-2H3;2*1H;/q2*-1;;;;+4/p-2/t2*8-;;;;/m10..../s1. The van der Waals surface area contributed by atoms with E-state index in [4.69, 9.17) is 0 Å². The van der Waals surface area contributed by atoms with Gasteiger partial charge in [0, 0.05) is 9.52 Å². The summed E-state index contributed by atoms with van der Waals surface area (Å²) < 4.78 is 0. The summed E-state index contributed by atoms with van der Waals surface area (Å²) in [6, 6.07) is 0. The van der Waals surface area contributed by atoms with E-state index in [1.807, 2.05) is 0 Å². The molecule has 4 aliphatic carbocycles. The third kappa shape index (κ3) is 8.34. The second kappa shape index (κ2) is 15.5. The van der Waals surface area contributed by atoms with Gasteiger partial charge in [-0.2, -0.15) is 22.3 Å². The first-order valence-corrected chi connectivity index (χ1v) is 11.8. The van der Waals surface area contributed by atoms with Crippen LogP contribution in [-0.4, -0.2) is 9.52 Å². The number of rotatable bonds is 0. The predicted octanol–water partition coefficient (Wildman–Crippen LogP) is 0.257. The number of halogens is 2. The van der Waals surface area contributed by atoms with Crippen LogP contribution in [0.4, 0.5) is 0 Å². The predicted molar refractivity (Wildman–Crippen MR) is 104 cm³/mol. The van der Waals surface area contributed by atoms with Crippen LogP contribution in [0, 0.1) is 24.0 Å². The zero-order chi connectivity index (χ0) is 16.7. The first-order valence-electron chi connectivity index (χ1n) is 9.53. The largest absolute Gasteiger partial charge is 4.00 e. The van der Waals surface area contributed by atoms with E-state index < -0.39 is 0 Å². The van der Waals surface area contributed by atoms with Gasteiger partial charge < -0.3 is 24.8 Å². The monoisotopic (exact) mass is 485 g/mol. The van der Waals surface area contributed by atoms with Gasteiger partial charge in [0.25, 0.3) is 0 Å². The van der Waals surface area contributed by atoms with Crippen molar-refractivity contribution in [2.45, 2.75) is 78.3 Å². The van der Waals surface area contributed by atoms with Gasteiger partial charge in [-0.3, -0.25) is 12.2 Å². The van der Waals surface area contributed by atoms with Gasteiger partial charge in [-0.1, -0.05) is 77.3 Å². The molecule has 0 heterocycles. The van der Waals surface area contributed by atoms with E-state index in [1.165, 1.54) is 51.4 Å². The van der Waals surface area contributed by atoms with Crippen molar-refractivity contribution in [1.29, 1.82) is 0 Å². The maximum Gasteiger partial charge on any atom is 4.00 e. The molecule has 4 rings (SSSR count). The van der Waals surface area contributed by atoms with Crippen LogP contribution in [0.3, 0.4) is 0 Å². The van der Waals surface area contributed by atoms with Gasteiger partial charge in [-0.05, 0) is 12.8 Å². The van der Waals surface area contributed by atoms with Crippen LogP contribution in [0.5, 0.6) is 0 Å². The molecule has 143 valence electrons. The van der Waals surface area contributed by atoms with Crippen LogP contribution >= 0.6 is 0 Å². The molecule has 0 amide bonds. The van der Waals surface area contributed by atoms with Crippen molar-refractivity contribution in [2.75, 3.05) is 0 Å². The van der Waals surface area contributed by atoms with Gasteiger partial charge in [0.2, 0.25) is 0 Å². The Morgan fingerprint density at radius 1 is 0.731 bits per heavy atom. The molecule has 2 atom stereocenters. The third-order valence-corrected chi connectivity index (χ3v) is 5.17. The van der Waals surface area contributed by atoms with Gasteiger partial charge in [0.05, 0.1) is 0 Å². The first kappa shape index (κ1) is 28.8. The summed E-state index contributed by atoms with van der Waals surface area (Å²) >= 11 is 0. The van der Waals surface area contributed by atoms with E-state index in [1.54, 1.807) is 22.3 Å². The third-order valence-electron chi connectivity index (χ3n) is 5.17. The van der Waals surface area contributed by atoms with E-state index in [0.717, 1.165) is 9.52 Å². The maximum absolute atomic E-state index is 3.36. The van der Waals surface area contributed by atoms with E-state index >= 15 is 0 Å². The topological polar surface area (TPSA) is 0 Å². The average molecular weight is 488 g/mol. The normalized spacial score (nSPS) is 24.6. The summed E-state index contributed by atoms with van der Waals surface area (Å²) in [4.78, 5) is 0. The summed E-state index contributed by atoms with van der Waals surface area (Å²) in [5.74, 6) is 1.27. The van der Waals surface area contributed by atoms with E-state index in [-0.39, 0.29) is 51.0 Å². The maximum atomic E-state index is 3.36. The van der Waals surface area contributed by atoms with Crippen LogP contribution in [-0.2, 0) is 26.2 Å². The Hall–Kier alpha value is 0.640. The second-order valence-electron chi connectivity index (χ2n) is 7.16. The quantitative estimate of drug-likeness (QED) is 0.340. The Labute approximate surface area is 196 Å². The van der Waals surface area contributed by atoms with E-state index in [2.05, 4.69) is 51.2 Å². The number of hydrogen-bond acceptors (Lipinski definition) is 0. The summed E-state index contributed by atoms with van der Waals surface area (Å²) in [7, 11) is 0.750. The summed E-state index contributed by atoms with van der Waals surface area (Å²) in [5.41, 5.74) is 6.54. The summed E-state index contributed by atoms with van der Waals surface area (Å²) in [6.07, 6.45) is 22.0. The van der Waals surface area contributed by atoms with Crippen LogP contribution in [0.25, 0.3) is 0 Å². The fraction of sp³-hybridized carbons (Fsp3) is 0.636. The minimum atomic E-state index is 0. The molecule has 0 aliphatic heterocycles. The fourth-order valence-electron chi connectivity index (χ4n) is 3.88. The van der Waals surface area contributed by atoms with Crippen molar-refractivity contribution in [3.05, 3.63) is 46.6 Å². The van der Waals surface area contributed by atoms with Gasteiger partial charge >= 0.3 is 26.2 Å². The van der Waals surface area contributed by atoms with Crippen molar-refractivity contribution in [3.8, 4) is 0 Å². The second-order valence-corrected chi connectivity index (χ2v) is 8.31. The molecule has 0 aromatic carbocycles. The fourth-order valence-corrected chi connectivity index (χ4v) is 3.88. The Kier molecular flexibility index (Phi) is 17.3. The number of allylic oxidation sites excluding steroid dienone is 8. The summed E-state index contributed by atoms with van der Waals surface area (Å²) in [6.45, 7) is 8.92. The van der Waals surface area contributed by atoms with Crippen LogP contribution in [0.2, 0.25) is 13.1 Å². The molecule has 4 aliphatic rings. The minimum absolute atomic E-state index is 0. The van der Waals surface area contributed by atoms with Gasteiger partial charge in [-0.15, -0.1) is 0 Å². The van der Waals surface area contributed by atoms with Gasteiger partial charge in [-0.25, -0.2) is 12.2 Å². The summed E-state index contributed by atoms with van der Waals surface area (Å²) in [5, 5.41) is 0. The molecule has 0 aromatic rings. The minimum Gasteiger partial charge on any atom is -1.00 e. The molecule has 26 heavy (non-hydrogen) atoms. The van der Waals surface area contributed by atoms with Crippen molar-refractivity contribution in [3.63, 3.8) is 0 Å².